The van der Waals surface area contributed by atoms with Gasteiger partial charge in [0.15, 0.2) is 5.16 Å². The molecule has 0 aliphatic carbocycles. The van der Waals surface area contributed by atoms with Crippen LogP contribution in [0.15, 0.2) is 41.9 Å². The first-order valence-electron chi connectivity index (χ1n) is 9.01. The second-order valence-electron chi connectivity index (χ2n) is 6.75. The van der Waals surface area contributed by atoms with Crippen LogP contribution in [0, 0.1) is 6.92 Å². The normalized spacial score (nSPS) is 15.7. The molecule has 0 amide bonds. The van der Waals surface area contributed by atoms with Gasteiger partial charge in [-0.25, -0.2) is 15.0 Å². The van der Waals surface area contributed by atoms with Crippen LogP contribution in [0.1, 0.15) is 24.1 Å². The minimum absolute atomic E-state index is 0.527. The van der Waals surface area contributed by atoms with Crippen LogP contribution in [0.2, 0.25) is 0 Å². The fourth-order valence-corrected chi connectivity index (χ4v) is 3.76. The third-order valence-corrected chi connectivity index (χ3v) is 5.40. The van der Waals surface area contributed by atoms with Gasteiger partial charge in [-0.05, 0) is 43.7 Å². The maximum absolute atomic E-state index is 4.69. The van der Waals surface area contributed by atoms with Gasteiger partial charge in [-0.15, -0.1) is 0 Å². The number of imidazole rings is 1. The van der Waals surface area contributed by atoms with Gasteiger partial charge in [-0.2, -0.15) is 0 Å². The van der Waals surface area contributed by atoms with E-state index in [-0.39, 0.29) is 0 Å². The SMILES string of the molecule is CSc1nccc(N2CCC(NCc3cn4cc(C)ccc4n3)CC2)n1. The molecular formula is C19H24N6S. The average molecular weight is 369 g/mol. The number of nitrogens with one attached hydrogen (secondary N) is 1. The van der Waals surface area contributed by atoms with Gasteiger partial charge in [-0.1, -0.05) is 17.8 Å². The smallest absolute Gasteiger partial charge is 0.189 e. The molecule has 0 bridgehead atoms. The molecule has 4 rings (SSSR count). The first kappa shape index (κ1) is 17.3. The van der Waals surface area contributed by atoms with Crippen LogP contribution in [-0.2, 0) is 6.54 Å². The number of hydrogen-bond donors (Lipinski definition) is 1. The van der Waals surface area contributed by atoms with E-state index in [0.29, 0.717) is 6.04 Å². The predicted molar refractivity (Wildman–Crippen MR) is 106 cm³/mol. The lowest BCUT2D eigenvalue weighted by atomic mass is 10.1. The molecular weight excluding hydrogens is 344 g/mol. The molecule has 3 aromatic rings. The lowest BCUT2D eigenvalue weighted by Crippen LogP contribution is -2.42. The highest BCUT2D eigenvalue weighted by atomic mass is 32.2. The summed E-state index contributed by atoms with van der Waals surface area (Å²) in [7, 11) is 0. The zero-order valence-electron chi connectivity index (χ0n) is 15.2. The number of piperidine rings is 1. The third-order valence-electron chi connectivity index (χ3n) is 4.84. The highest BCUT2D eigenvalue weighted by molar-refractivity contribution is 7.98. The summed E-state index contributed by atoms with van der Waals surface area (Å²) in [5.41, 5.74) is 3.35. The van der Waals surface area contributed by atoms with Gasteiger partial charge in [-0.3, -0.25) is 0 Å². The van der Waals surface area contributed by atoms with E-state index in [1.165, 1.54) is 5.56 Å². The highest BCUT2D eigenvalue weighted by Crippen LogP contribution is 2.20. The molecule has 0 atom stereocenters. The Labute approximate surface area is 158 Å². The number of fused-ring (bicyclic) bond motifs is 1. The van der Waals surface area contributed by atoms with Crippen molar-refractivity contribution in [2.75, 3.05) is 24.2 Å². The maximum Gasteiger partial charge on any atom is 0.189 e. The largest absolute Gasteiger partial charge is 0.356 e. The molecule has 3 aromatic heterocycles. The van der Waals surface area contributed by atoms with Crippen molar-refractivity contribution in [2.24, 2.45) is 0 Å². The van der Waals surface area contributed by atoms with Gasteiger partial charge >= 0.3 is 0 Å². The maximum atomic E-state index is 4.69. The monoisotopic (exact) mass is 368 g/mol. The van der Waals surface area contributed by atoms with E-state index in [9.17, 15) is 0 Å². The molecule has 1 saturated heterocycles. The lowest BCUT2D eigenvalue weighted by Gasteiger charge is -2.33. The van der Waals surface area contributed by atoms with Crippen molar-refractivity contribution in [3.63, 3.8) is 0 Å². The second-order valence-corrected chi connectivity index (χ2v) is 7.52. The number of aryl methyl sites for hydroxylation is 1. The minimum Gasteiger partial charge on any atom is -0.356 e. The van der Waals surface area contributed by atoms with Crippen LogP contribution in [0.5, 0.6) is 0 Å². The molecule has 0 saturated carbocycles. The van der Waals surface area contributed by atoms with E-state index in [0.717, 1.165) is 54.8 Å². The molecule has 1 fully saturated rings. The Morgan fingerprint density at radius 2 is 2.00 bits per heavy atom. The quantitative estimate of drug-likeness (QED) is 0.552. The van der Waals surface area contributed by atoms with Gasteiger partial charge in [0.1, 0.15) is 11.5 Å². The van der Waals surface area contributed by atoms with Crippen molar-refractivity contribution < 1.29 is 0 Å². The Morgan fingerprint density at radius 1 is 1.15 bits per heavy atom. The fraction of sp³-hybridized carbons (Fsp3) is 0.421. The zero-order valence-corrected chi connectivity index (χ0v) is 16.0. The van der Waals surface area contributed by atoms with Crippen LogP contribution >= 0.6 is 11.8 Å². The summed E-state index contributed by atoms with van der Waals surface area (Å²) >= 11 is 1.59. The summed E-state index contributed by atoms with van der Waals surface area (Å²) in [5, 5.41) is 4.51. The molecule has 26 heavy (non-hydrogen) atoms. The first-order valence-corrected chi connectivity index (χ1v) is 10.2. The van der Waals surface area contributed by atoms with Gasteiger partial charge in [0, 0.05) is 44.3 Å². The van der Waals surface area contributed by atoms with E-state index >= 15 is 0 Å². The van der Waals surface area contributed by atoms with Crippen LogP contribution in [0.4, 0.5) is 5.82 Å². The van der Waals surface area contributed by atoms with Crippen molar-refractivity contribution in [1.29, 1.82) is 0 Å². The predicted octanol–water partition coefficient (Wildman–Crippen LogP) is 2.91. The molecule has 136 valence electrons. The Hall–Kier alpha value is -2.12. The first-order chi connectivity index (χ1) is 12.7. The molecule has 1 aliphatic rings. The third kappa shape index (κ3) is 3.83. The lowest BCUT2D eigenvalue weighted by molar-refractivity contribution is 0.410. The molecule has 0 spiro atoms. The van der Waals surface area contributed by atoms with E-state index < -0.39 is 0 Å². The summed E-state index contributed by atoms with van der Waals surface area (Å²) in [4.78, 5) is 15.9. The number of anilines is 1. The number of pyridine rings is 1. The van der Waals surface area contributed by atoms with E-state index in [1.807, 2.05) is 18.5 Å². The molecule has 7 heteroatoms. The van der Waals surface area contributed by atoms with Crippen LogP contribution in [0.25, 0.3) is 5.65 Å². The van der Waals surface area contributed by atoms with E-state index in [1.54, 1.807) is 11.8 Å². The summed E-state index contributed by atoms with van der Waals surface area (Å²) in [5.74, 6) is 1.04. The molecule has 0 aromatic carbocycles. The molecule has 4 heterocycles. The highest BCUT2D eigenvalue weighted by Gasteiger charge is 2.20. The van der Waals surface area contributed by atoms with Crippen molar-refractivity contribution in [3.8, 4) is 0 Å². The van der Waals surface area contributed by atoms with Gasteiger partial charge < -0.3 is 14.6 Å². The van der Waals surface area contributed by atoms with Crippen LogP contribution < -0.4 is 10.2 Å². The van der Waals surface area contributed by atoms with Crippen LogP contribution in [-0.4, -0.2) is 44.7 Å². The molecule has 0 radical (unpaired) electrons. The minimum atomic E-state index is 0.527. The molecule has 1 N–H and O–H groups in total. The zero-order chi connectivity index (χ0) is 17.9. The Bertz CT molecular complexity index is 885. The Balaban J connectivity index is 1.31. The number of aromatic nitrogens is 4. The van der Waals surface area contributed by atoms with Crippen molar-refractivity contribution in [2.45, 2.75) is 37.5 Å². The van der Waals surface area contributed by atoms with Crippen molar-refractivity contribution in [3.05, 3.63) is 48.0 Å². The molecule has 6 nitrogen and oxygen atoms in total. The Morgan fingerprint density at radius 3 is 2.81 bits per heavy atom. The summed E-state index contributed by atoms with van der Waals surface area (Å²) < 4.78 is 2.10. The number of rotatable bonds is 5. The number of nitrogens with zero attached hydrogens (tertiary/aromatic N) is 5. The van der Waals surface area contributed by atoms with E-state index in [2.05, 4.69) is 56.0 Å². The topological polar surface area (TPSA) is 58.4 Å². The van der Waals surface area contributed by atoms with Crippen molar-refractivity contribution in [1.82, 2.24) is 24.7 Å². The van der Waals surface area contributed by atoms with Gasteiger partial charge in [0.25, 0.3) is 0 Å². The summed E-state index contributed by atoms with van der Waals surface area (Å²) in [6, 6.07) is 6.71. The number of hydrogen-bond acceptors (Lipinski definition) is 6. The van der Waals surface area contributed by atoms with Gasteiger partial charge in [0.05, 0.1) is 5.69 Å². The van der Waals surface area contributed by atoms with Gasteiger partial charge in [0.2, 0.25) is 0 Å². The fourth-order valence-electron chi connectivity index (χ4n) is 3.41. The Kier molecular flexibility index (Phi) is 5.08. The second kappa shape index (κ2) is 7.63. The average Bonchev–Trinajstić information content (AvgIpc) is 3.09. The molecule has 1 aliphatic heterocycles. The summed E-state index contributed by atoms with van der Waals surface area (Å²) in [6.07, 6.45) is 10.3. The van der Waals surface area contributed by atoms with E-state index in [4.69, 9.17) is 4.98 Å². The summed E-state index contributed by atoms with van der Waals surface area (Å²) in [6.45, 7) is 4.96. The van der Waals surface area contributed by atoms with Crippen molar-refractivity contribution >= 4 is 23.2 Å². The molecule has 0 unspecified atom stereocenters. The standard InChI is InChI=1S/C19H24N6S/c1-14-3-4-17-22-16(13-25(17)12-14)11-21-15-6-9-24(10-7-15)18-5-8-20-19(23-18)26-2/h3-5,8,12-13,15,21H,6-7,9-11H2,1-2H3. The number of thioether (sulfide) groups is 1. The van der Waals surface area contributed by atoms with Crippen LogP contribution in [0.3, 0.4) is 0 Å².